The maximum absolute atomic E-state index is 13.9. The summed E-state index contributed by atoms with van der Waals surface area (Å²) in [5.41, 5.74) is 3.38. The predicted molar refractivity (Wildman–Crippen MR) is 113 cm³/mol. The number of nitrogens with zero attached hydrogens (tertiary/aromatic N) is 3. The minimum absolute atomic E-state index is 0.190. The van der Waals surface area contributed by atoms with Crippen molar-refractivity contribution in [3.05, 3.63) is 77.4 Å². The van der Waals surface area contributed by atoms with E-state index in [-0.39, 0.29) is 5.82 Å². The Morgan fingerprint density at radius 3 is 2.59 bits per heavy atom. The average Bonchev–Trinajstić information content (AvgIpc) is 3.20. The van der Waals surface area contributed by atoms with E-state index in [0.717, 1.165) is 16.8 Å². The number of halogens is 1. The van der Waals surface area contributed by atoms with Crippen LogP contribution in [0, 0.1) is 5.82 Å². The molecule has 0 saturated carbocycles. The van der Waals surface area contributed by atoms with Crippen molar-refractivity contribution in [1.82, 2.24) is 20.5 Å². The molecule has 3 rings (SSSR count). The zero-order valence-electron chi connectivity index (χ0n) is 16.9. The third-order valence-corrected chi connectivity index (χ3v) is 4.29. The molecule has 0 saturated heterocycles. The van der Waals surface area contributed by atoms with Crippen molar-refractivity contribution in [2.75, 3.05) is 21.1 Å². The molecule has 0 aliphatic carbocycles. The van der Waals surface area contributed by atoms with Crippen LogP contribution in [0.4, 0.5) is 4.39 Å². The highest BCUT2D eigenvalue weighted by Crippen LogP contribution is 2.17. The first-order valence-electron chi connectivity index (χ1n) is 9.41. The fraction of sp³-hybridized carbons (Fsp3) is 0.273. The van der Waals surface area contributed by atoms with Crippen LogP contribution in [0.3, 0.4) is 0 Å². The van der Waals surface area contributed by atoms with Gasteiger partial charge in [0.25, 0.3) is 0 Å². The number of aromatic nitrogens is 1. The summed E-state index contributed by atoms with van der Waals surface area (Å²) >= 11 is 0. The molecule has 0 bridgehead atoms. The second-order valence-electron chi connectivity index (χ2n) is 6.95. The normalized spacial score (nSPS) is 11.7. The van der Waals surface area contributed by atoms with Crippen molar-refractivity contribution >= 4 is 5.96 Å². The van der Waals surface area contributed by atoms with Gasteiger partial charge in [-0.2, -0.15) is 0 Å². The first-order chi connectivity index (χ1) is 14.0. The number of aliphatic imine (C=N–C) groups is 1. The van der Waals surface area contributed by atoms with Crippen LogP contribution in [-0.2, 0) is 19.6 Å². The van der Waals surface area contributed by atoms with Crippen LogP contribution in [-0.4, -0.2) is 37.0 Å². The lowest BCUT2D eigenvalue weighted by atomic mass is 10.1. The lowest BCUT2D eigenvalue weighted by Gasteiger charge is -2.14. The van der Waals surface area contributed by atoms with Gasteiger partial charge in [-0.15, -0.1) is 0 Å². The van der Waals surface area contributed by atoms with Crippen LogP contribution < -0.4 is 10.6 Å². The Kier molecular flexibility index (Phi) is 6.97. The number of hydrogen-bond acceptors (Lipinski definition) is 4. The molecule has 7 heteroatoms. The van der Waals surface area contributed by atoms with E-state index in [4.69, 9.17) is 4.42 Å². The van der Waals surface area contributed by atoms with Crippen molar-refractivity contribution in [2.45, 2.75) is 19.6 Å². The zero-order valence-corrected chi connectivity index (χ0v) is 16.9. The zero-order chi connectivity index (χ0) is 20.6. The topological polar surface area (TPSA) is 65.7 Å². The number of hydrogen-bond donors (Lipinski definition) is 2. The van der Waals surface area contributed by atoms with Gasteiger partial charge in [0, 0.05) is 31.3 Å². The molecule has 6 nitrogen and oxygen atoms in total. The van der Waals surface area contributed by atoms with Gasteiger partial charge in [-0.05, 0) is 43.9 Å². The minimum atomic E-state index is -0.190. The van der Waals surface area contributed by atoms with Gasteiger partial charge in [-0.25, -0.2) is 9.37 Å². The van der Waals surface area contributed by atoms with E-state index in [1.54, 1.807) is 19.4 Å². The Balaban J connectivity index is 1.55. The van der Waals surface area contributed by atoms with Gasteiger partial charge in [0.2, 0.25) is 5.89 Å². The Morgan fingerprint density at radius 1 is 1.10 bits per heavy atom. The Bertz CT molecular complexity index is 953. The first-order valence-corrected chi connectivity index (χ1v) is 9.41. The van der Waals surface area contributed by atoms with E-state index in [1.165, 1.54) is 6.07 Å². The molecule has 0 aliphatic rings. The molecule has 2 aromatic carbocycles. The SMILES string of the molecule is CN=C(NCc1ccc(F)c(CN(C)C)c1)NCc1coc(-c2ccccc2)n1. The van der Waals surface area contributed by atoms with E-state index >= 15 is 0 Å². The third kappa shape index (κ3) is 5.89. The van der Waals surface area contributed by atoms with Crippen LogP contribution in [0.2, 0.25) is 0 Å². The van der Waals surface area contributed by atoms with Crippen LogP contribution in [0.15, 0.2) is 64.2 Å². The number of benzene rings is 2. The van der Waals surface area contributed by atoms with Gasteiger partial charge >= 0.3 is 0 Å². The smallest absolute Gasteiger partial charge is 0.226 e. The summed E-state index contributed by atoms with van der Waals surface area (Å²) in [6.07, 6.45) is 1.64. The molecular formula is C22H26FN5O. The second-order valence-corrected chi connectivity index (χ2v) is 6.95. The lowest BCUT2D eigenvalue weighted by Crippen LogP contribution is -2.36. The molecule has 0 amide bonds. The van der Waals surface area contributed by atoms with E-state index < -0.39 is 0 Å². The van der Waals surface area contributed by atoms with Crippen molar-refractivity contribution in [1.29, 1.82) is 0 Å². The summed E-state index contributed by atoms with van der Waals surface area (Å²) in [6, 6.07) is 14.9. The minimum Gasteiger partial charge on any atom is -0.444 e. The maximum atomic E-state index is 13.9. The molecular weight excluding hydrogens is 369 g/mol. The van der Waals surface area contributed by atoms with Gasteiger partial charge < -0.3 is 20.0 Å². The quantitative estimate of drug-likeness (QED) is 0.474. The van der Waals surface area contributed by atoms with E-state index in [2.05, 4.69) is 20.6 Å². The highest BCUT2D eigenvalue weighted by atomic mass is 19.1. The molecule has 2 N–H and O–H groups in total. The highest BCUT2D eigenvalue weighted by Gasteiger charge is 2.08. The Morgan fingerprint density at radius 2 is 1.86 bits per heavy atom. The predicted octanol–water partition coefficient (Wildman–Crippen LogP) is 3.41. The van der Waals surface area contributed by atoms with Gasteiger partial charge in [-0.3, -0.25) is 4.99 Å². The molecule has 0 fully saturated rings. The van der Waals surface area contributed by atoms with Crippen molar-refractivity contribution < 1.29 is 8.81 Å². The Labute approximate surface area is 170 Å². The molecule has 1 heterocycles. The fourth-order valence-corrected chi connectivity index (χ4v) is 2.88. The first kappa shape index (κ1) is 20.5. The number of rotatable bonds is 7. The largest absolute Gasteiger partial charge is 0.444 e. The van der Waals surface area contributed by atoms with Crippen LogP contribution in [0.25, 0.3) is 11.5 Å². The van der Waals surface area contributed by atoms with E-state index in [0.29, 0.717) is 37.0 Å². The van der Waals surface area contributed by atoms with Gasteiger partial charge in [0.1, 0.15) is 12.1 Å². The molecule has 3 aromatic rings. The van der Waals surface area contributed by atoms with Crippen LogP contribution in [0.1, 0.15) is 16.8 Å². The van der Waals surface area contributed by atoms with Gasteiger partial charge in [-0.1, -0.05) is 24.3 Å². The average molecular weight is 395 g/mol. The van der Waals surface area contributed by atoms with Crippen LogP contribution >= 0.6 is 0 Å². The van der Waals surface area contributed by atoms with Gasteiger partial charge in [0.05, 0.1) is 12.2 Å². The van der Waals surface area contributed by atoms with E-state index in [9.17, 15) is 4.39 Å². The molecule has 0 spiro atoms. The Hall–Kier alpha value is -3.19. The van der Waals surface area contributed by atoms with Gasteiger partial charge in [0.15, 0.2) is 5.96 Å². The summed E-state index contributed by atoms with van der Waals surface area (Å²) in [5.74, 6) is 1.03. The summed E-state index contributed by atoms with van der Waals surface area (Å²) in [6.45, 7) is 1.57. The summed E-state index contributed by atoms with van der Waals surface area (Å²) < 4.78 is 19.5. The molecule has 0 atom stereocenters. The molecule has 1 aromatic heterocycles. The second kappa shape index (κ2) is 9.84. The van der Waals surface area contributed by atoms with Crippen LogP contribution in [0.5, 0.6) is 0 Å². The van der Waals surface area contributed by atoms with Crippen molar-refractivity contribution in [3.63, 3.8) is 0 Å². The fourth-order valence-electron chi connectivity index (χ4n) is 2.88. The molecule has 29 heavy (non-hydrogen) atoms. The highest BCUT2D eigenvalue weighted by molar-refractivity contribution is 5.79. The number of nitrogens with one attached hydrogen (secondary N) is 2. The van der Waals surface area contributed by atoms with Crippen molar-refractivity contribution in [3.8, 4) is 11.5 Å². The summed E-state index contributed by atoms with van der Waals surface area (Å²) in [4.78, 5) is 10.7. The van der Waals surface area contributed by atoms with Crippen molar-refractivity contribution in [2.24, 2.45) is 4.99 Å². The summed E-state index contributed by atoms with van der Waals surface area (Å²) in [5, 5.41) is 6.45. The molecule has 0 unspecified atom stereocenters. The number of guanidine groups is 1. The standard InChI is InChI=1S/C22H26FN5O/c1-24-22(25-12-16-9-10-20(23)18(11-16)14-28(2)3)26-13-19-15-29-21(27-19)17-7-5-4-6-8-17/h4-11,15H,12-14H2,1-3H3,(H2,24,25,26). The number of oxazole rings is 1. The lowest BCUT2D eigenvalue weighted by molar-refractivity contribution is 0.392. The van der Waals surface area contributed by atoms with E-state index in [1.807, 2.05) is 55.4 Å². The summed E-state index contributed by atoms with van der Waals surface area (Å²) in [7, 11) is 5.54. The monoisotopic (exact) mass is 395 g/mol. The maximum Gasteiger partial charge on any atom is 0.226 e. The molecule has 152 valence electrons. The third-order valence-electron chi connectivity index (χ3n) is 4.29. The molecule has 0 radical (unpaired) electrons. The molecule has 0 aliphatic heterocycles.